The molecule has 0 amide bonds. The van der Waals surface area contributed by atoms with Crippen molar-refractivity contribution < 1.29 is 4.74 Å². The van der Waals surface area contributed by atoms with E-state index in [0.29, 0.717) is 11.6 Å². The maximum atomic E-state index is 6.03. The van der Waals surface area contributed by atoms with Crippen LogP contribution in [0, 0.1) is 6.92 Å². The fourth-order valence-corrected chi connectivity index (χ4v) is 2.21. The second kappa shape index (κ2) is 6.73. The number of nitrogens with zero attached hydrogens (tertiary/aromatic N) is 1. The summed E-state index contributed by atoms with van der Waals surface area (Å²) in [5, 5.41) is 0.696. The van der Waals surface area contributed by atoms with Crippen molar-refractivity contribution in [3.8, 4) is 5.75 Å². The molecule has 0 bridgehead atoms. The SMILES string of the molecule is Cc1cccnc1COc1ccc(Cl)cc1CC(C)N. The molecule has 1 heterocycles. The van der Waals surface area contributed by atoms with Crippen LogP contribution in [0.3, 0.4) is 0 Å². The van der Waals surface area contributed by atoms with E-state index in [1.54, 1.807) is 6.20 Å². The number of aromatic nitrogens is 1. The van der Waals surface area contributed by atoms with Crippen molar-refractivity contribution in [1.29, 1.82) is 0 Å². The molecule has 0 saturated heterocycles. The third-order valence-electron chi connectivity index (χ3n) is 3.05. The van der Waals surface area contributed by atoms with Gasteiger partial charge in [0, 0.05) is 17.3 Å². The summed E-state index contributed by atoms with van der Waals surface area (Å²) in [5.41, 5.74) is 8.95. The van der Waals surface area contributed by atoms with Gasteiger partial charge in [-0.2, -0.15) is 0 Å². The van der Waals surface area contributed by atoms with E-state index in [0.717, 1.165) is 29.0 Å². The lowest BCUT2D eigenvalue weighted by atomic mass is 10.1. The molecule has 0 aliphatic carbocycles. The second-order valence-electron chi connectivity index (χ2n) is 4.99. The molecule has 20 heavy (non-hydrogen) atoms. The molecule has 4 heteroatoms. The summed E-state index contributed by atoms with van der Waals surface area (Å²) in [7, 11) is 0. The standard InChI is InChI=1S/C16H19ClN2O/c1-11-4-3-7-19-15(11)10-20-16-6-5-14(17)9-13(16)8-12(2)18/h3-7,9,12H,8,10,18H2,1-2H3. The van der Waals surface area contributed by atoms with Crippen molar-refractivity contribution >= 4 is 11.6 Å². The molecule has 2 aromatic rings. The number of benzene rings is 1. The molecule has 1 aromatic heterocycles. The van der Waals surface area contributed by atoms with Crippen LogP contribution in [0.1, 0.15) is 23.7 Å². The van der Waals surface area contributed by atoms with E-state index in [1.165, 1.54) is 0 Å². The van der Waals surface area contributed by atoms with Gasteiger partial charge in [-0.25, -0.2) is 0 Å². The highest BCUT2D eigenvalue weighted by Crippen LogP contribution is 2.25. The zero-order valence-electron chi connectivity index (χ0n) is 11.8. The zero-order valence-corrected chi connectivity index (χ0v) is 12.5. The number of pyridine rings is 1. The van der Waals surface area contributed by atoms with Crippen molar-refractivity contribution in [1.82, 2.24) is 4.98 Å². The first kappa shape index (κ1) is 14.8. The Kier molecular flexibility index (Phi) is 4.99. The second-order valence-corrected chi connectivity index (χ2v) is 5.43. The minimum absolute atomic E-state index is 0.0624. The Morgan fingerprint density at radius 2 is 2.15 bits per heavy atom. The van der Waals surface area contributed by atoms with Gasteiger partial charge in [-0.3, -0.25) is 4.98 Å². The molecule has 0 fully saturated rings. The quantitative estimate of drug-likeness (QED) is 0.916. The molecular formula is C16H19ClN2O. The molecule has 106 valence electrons. The van der Waals surface area contributed by atoms with E-state index in [9.17, 15) is 0 Å². The van der Waals surface area contributed by atoms with Crippen LogP contribution in [0.5, 0.6) is 5.75 Å². The van der Waals surface area contributed by atoms with E-state index in [-0.39, 0.29) is 6.04 Å². The van der Waals surface area contributed by atoms with Gasteiger partial charge < -0.3 is 10.5 Å². The molecular weight excluding hydrogens is 272 g/mol. The van der Waals surface area contributed by atoms with E-state index >= 15 is 0 Å². The van der Waals surface area contributed by atoms with Crippen LogP contribution in [0.2, 0.25) is 5.02 Å². The topological polar surface area (TPSA) is 48.1 Å². The fourth-order valence-electron chi connectivity index (χ4n) is 2.01. The highest BCUT2D eigenvalue weighted by molar-refractivity contribution is 6.30. The molecule has 0 spiro atoms. The van der Waals surface area contributed by atoms with Gasteiger partial charge in [-0.1, -0.05) is 17.7 Å². The number of hydrogen-bond donors (Lipinski definition) is 1. The summed E-state index contributed by atoms with van der Waals surface area (Å²) < 4.78 is 5.88. The van der Waals surface area contributed by atoms with E-state index in [2.05, 4.69) is 4.98 Å². The third-order valence-corrected chi connectivity index (χ3v) is 3.28. The van der Waals surface area contributed by atoms with Gasteiger partial charge in [0.2, 0.25) is 0 Å². The molecule has 2 N–H and O–H groups in total. The Hall–Kier alpha value is -1.58. The van der Waals surface area contributed by atoms with Gasteiger partial charge in [-0.05, 0) is 55.7 Å². The largest absolute Gasteiger partial charge is 0.487 e. The van der Waals surface area contributed by atoms with E-state index in [4.69, 9.17) is 22.1 Å². The van der Waals surface area contributed by atoms with Crippen molar-refractivity contribution in [2.24, 2.45) is 5.73 Å². The molecule has 0 radical (unpaired) electrons. The molecule has 0 saturated carbocycles. The minimum atomic E-state index is 0.0624. The number of nitrogens with two attached hydrogens (primary N) is 1. The van der Waals surface area contributed by atoms with Crippen molar-refractivity contribution in [2.75, 3.05) is 0 Å². The van der Waals surface area contributed by atoms with Gasteiger partial charge in [0.05, 0.1) is 5.69 Å². The van der Waals surface area contributed by atoms with Crippen LogP contribution in [0.4, 0.5) is 0 Å². The number of ether oxygens (including phenoxy) is 1. The van der Waals surface area contributed by atoms with Gasteiger partial charge in [0.1, 0.15) is 12.4 Å². The highest BCUT2D eigenvalue weighted by atomic mass is 35.5. The maximum Gasteiger partial charge on any atom is 0.130 e. The van der Waals surface area contributed by atoms with Crippen LogP contribution < -0.4 is 10.5 Å². The number of halogens is 1. The van der Waals surface area contributed by atoms with Gasteiger partial charge in [0.25, 0.3) is 0 Å². The smallest absolute Gasteiger partial charge is 0.130 e. The molecule has 0 aliphatic heterocycles. The fraction of sp³-hybridized carbons (Fsp3) is 0.312. The van der Waals surface area contributed by atoms with Gasteiger partial charge in [-0.15, -0.1) is 0 Å². The first-order valence-corrected chi connectivity index (χ1v) is 7.01. The normalized spacial score (nSPS) is 12.2. The van der Waals surface area contributed by atoms with Crippen LogP contribution in [0.25, 0.3) is 0 Å². The van der Waals surface area contributed by atoms with Crippen LogP contribution >= 0.6 is 11.6 Å². The average Bonchev–Trinajstić information content (AvgIpc) is 2.39. The summed E-state index contributed by atoms with van der Waals surface area (Å²) in [6.07, 6.45) is 2.51. The molecule has 3 nitrogen and oxygen atoms in total. The predicted molar refractivity (Wildman–Crippen MR) is 82.1 cm³/mol. The molecule has 1 unspecified atom stereocenters. The molecule has 1 atom stereocenters. The van der Waals surface area contributed by atoms with Crippen LogP contribution in [-0.4, -0.2) is 11.0 Å². The third kappa shape index (κ3) is 3.95. The Morgan fingerprint density at radius 3 is 2.85 bits per heavy atom. The van der Waals surface area contributed by atoms with Crippen molar-refractivity contribution in [3.63, 3.8) is 0 Å². The molecule has 2 rings (SSSR count). The minimum Gasteiger partial charge on any atom is -0.487 e. The summed E-state index contributed by atoms with van der Waals surface area (Å²) in [6.45, 7) is 4.43. The van der Waals surface area contributed by atoms with E-state index in [1.807, 2.05) is 44.2 Å². The highest BCUT2D eigenvalue weighted by Gasteiger charge is 2.08. The maximum absolute atomic E-state index is 6.03. The predicted octanol–water partition coefficient (Wildman–Crippen LogP) is 3.51. The summed E-state index contributed by atoms with van der Waals surface area (Å²) in [5.74, 6) is 0.816. The average molecular weight is 291 g/mol. The first-order valence-electron chi connectivity index (χ1n) is 6.63. The molecule has 1 aromatic carbocycles. The lowest BCUT2D eigenvalue weighted by Crippen LogP contribution is -2.18. The summed E-state index contributed by atoms with van der Waals surface area (Å²) in [6, 6.07) is 9.63. The Balaban J connectivity index is 2.15. The monoisotopic (exact) mass is 290 g/mol. The van der Waals surface area contributed by atoms with E-state index < -0.39 is 0 Å². The van der Waals surface area contributed by atoms with Gasteiger partial charge in [0.15, 0.2) is 0 Å². The van der Waals surface area contributed by atoms with Crippen molar-refractivity contribution in [2.45, 2.75) is 32.9 Å². The number of aryl methyl sites for hydroxylation is 1. The van der Waals surface area contributed by atoms with Crippen LogP contribution in [0.15, 0.2) is 36.5 Å². The zero-order chi connectivity index (χ0) is 14.5. The number of rotatable bonds is 5. The lowest BCUT2D eigenvalue weighted by molar-refractivity contribution is 0.297. The summed E-state index contributed by atoms with van der Waals surface area (Å²) >= 11 is 6.03. The van der Waals surface area contributed by atoms with Crippen LogP contribution in [-0.2, 0) is 13.0 Å². The lowest BCUT2D eigenvalue weighted by Gasteiger charge is -2.14. The Morgan fingerprint density at radius 1 is 1.35 bits per heavy atom. The summed E-state index contributed by atoms with van der Waals surface area (Å²) in [4.78, 5) is 4.33. The van der Waals surface area contributed by atoms with Gasteiger partial charge >= 0.3 is 0 Å². The Labute approximate surface area is 124 Å². The first-order chi connectivity index (χ1) is 9.56. The molecule has 0 aliphatic rings. The van der Waals surface area contributed by atoms with Crippen molar-refractivity contribution in [3.05, 3.63) is 58.4 Å². The Bertz CT molecular complexity index is 584. The number of hydrogen-bond acceptors (Lipinski definition) is 3.